The first kappa shape index (κ1) is 27.4. The van der Waals surface area contributed by atoms with Crippen LogP contribution in [0.3, 0.4) is 0 Å². The standard InChI is InChI=1S/C30H51N2O3.BrH/c1-20(33)35-28-26(32(4)15-7-8-16-32)18-24-22-10-9-21-17-27(34)25(31-13-5-6-14-31)19-30(21,3)23(22)11-12-29(24,28)2;/h21-28,34H,5-19H2,1-4H3;1H/q+1;/p-1/t21?,22-,23-,24+,25?,26?,27?,28?,29+,30+;/m1./s1. The van der Waals surface area contributed by atoms with E-state index in [4.69, 9.17) is 4.74 Å². The molecule has 0 aromatic carbocycles. The second-order valence-corrected chi connectivity index (χ2v) is 14.5. The normalized spacial score (nSPS) is 50.0. The molecule has 36 heavy (non-hydrogen) atoms. The van der Waals surface area contributed by atoms with E-state index in [0.717, 1.165) is 22.7 Å². The number of likely N-dealkylation sites (N-methyl/N-ethyl adjacent to an activating group) is 1. The maximum absolute atomic E-state index is 12.3. The molecule has 2 aliphatic heterocycles. The Morgan fingerprint density at radius 2 is 1.67 bits per heavy atom. The van der Waals surface area contributed by atoms with E-state index in [9.17, 15) is 9.90 Å². The van der Waals surface area contributed by atoms with Gasteiger partial charge in [0.1, 0.15) is 6.04 Å². The predicted molar refractivity (Wildman–Crippen MR) is 138 cm³/mol. The minimum Gasteiger partial charge on any atom is -1.00 e. The Morgan fingerprint density at radius 1 is 0.972 bits per heavy atom. The highest BCUT2D eigenvalue weighted by atomic mass is 79.9. The van der Waals surface area contributed by atoms with Gasteiger partial charge in [0, 0.05) is 37.6 Å². The molecule has 4 saturated carbocycles. The van der Waals surface area contributed by atoms with E-state index in [1.807, 2.05) is 0 Å². The van der Waals surface area contributed by atoms with Gasteiger partial charge in [0.15, 0.2) is 6.10 Å². The number of nitrogens with zero attached hydrogens (tertiary/aromatic N) is 2. The Morgan fingerprint density at radius 3 is 2.33 bits per heavy atom. The Kier molecular flexibility index (Phi) is 7.45. The molecule has 5 unspecified atom stereocenters. The summed E-state index contributed by atoms with van der Waals surface area (Å²) in [6.07, 6.45) is 13.7. The lowest BCUT2D eigenvalue weighted by Gasteiger charge is -2.62. The van der Waals surface area contributed by atoms with Crippen molar-refractivity contribution in [2.45, 2.75) is 116 Å². The zero-order chi connectivity index (χ0) is 24.6. The Labute approximate surface area is 230 Å². The summed E-state index contributed by atoms with van der Waals surface area (Å²) >= 11 is 0. The van der Waals surface area contributed by atoms with Gasteiger partial charge in [-0.25, -0.2) is 0 Å². The van der Waals surface area contributed by atoms with Gasteiger partial charge < -0.3 is 31.3 Å². The average Bonchev–Trinajstić information content (AvgIpc) is 3.54. The van der Waals surface area contributed by atoms with Crippen molar-refractivity contribution in [1.29, 1.82) is 0 Å². The number of hydrogen-bond acceptors (Lipinski definition) is 4. The number of quaternary nitrogens is 1. The first-order chi connectivity index (χ1) is 16.7. The number of ether oxygens (including phenoxy) is 1. The van der Waals surface area contributed by atoms with E-state index in [0.29, 0.717) is 29.3 Å². The van der Waals surface area contributed by atoms with Crippen LogP contribution < -0.4 is 17.0 Å². The van der Waals surface area contributed by atoms with Crippen molar-refractivity contribution in [3.05, 3.63) is 0 Å². The lowest BCUT2D eigenvalue weighted by Crippen LogP contribution is -3.00. The summed E-state index contributed by atoms with van der Waals surface area (Å²) in [5, 5.41) is 11.2. The average molecular weight is 568 g/mol. The highest BCUT2D eigenvalue weighted by molar-refractivity contribution is 5.66. The van der Waals surface area contributed by atoms with Crippen LogP contribution in [-0.4, -0.2) is 78.0 Å². The number of aliphatic hydroxyl groups excluding tert-OH is 1. The molecule has 0 radical (unpaired) electrons. The smallest absolute Gasteiger partial charge is 0.303 e. The maximum atomic E-state index is 12.3. The quantitative estimate of drug-likeness (QED) is 0.416. The molecule has 10 atom stereocenters. The molecule has 6 fully saturated rings. The van der Waals surface area contributed by atoms with Gasteiger partial charge in [-0.05, 0) is 93.5 Å². The molecule has 6 rings (SSSR count). The van der Waals surface area contributed by atoms with E-state index in [2.05, 4.69) is 25.8 Å². The van der Waals surface area contributed by atoms with Crippen molar-refractivity contribution in [3.63, 3.8) is 0 Å². The van der Waals surface area contributed by atoms with Crippen molar-refractivity contribution in [3.8, 4) is 0 Å². The molecule has 2 heterocycles. The fraction of sp³-hybridized carbons (Fsp3) is 0.967. The van der Waals surface area contributed by atoms with E-state index in [1.165, 1.54) is 90.4 Å². The highest BCUT2D eigenvalue weighted by Gasteiger charge is 2.67. The number of rotatable bonds is 3. The molecular weight excluding hydrogens is 516 g/mol. The number of aliphatic hydroxyl groups is 1. The lowest BCUT2D eigenvalue weighted by atomic mass is 9.44. The number of esters is 1. The molecule has 5 nitrogen and oxygen atoms in total. The van der Waals surface area contributed by atoms with Gasteiger partial charge in [0.05, 0.1) is 26.2 Å². The summed E-state index contributed by atoms with van der Waals surface area (Å²) in [6.45, 7) is 11.6. The van der Waals surface area contributed by atoms with Gasteiger partial charge in [-0.3, -0.25) is 9.69 Å². The van der Waals surface area contributed by atoms with Gasteiger partial charge in [0.2, 0.25) is 0 Å². The number of hydrogen-bond donors (Lipinski definition) is 1. The van der Waals surface area contributed by atoms with Gasteiger partial charge in [-0.2, -0.15) is 0 Å². The topological polar surface area (TPSA) is 49.8 Å². The fourth-order valence-electron chi connectivity index (χ4n) is 11.1. The number of fused-ring (bicyclic) bond motifs is 5. The molecular formula is C30H51BrN2O3. The number of carbonyl (C=O) groups is 1. The number of halogens is 1. The van der Waals surface area contributed by atoms with Crippen LogP contribution in [0.5, 0.6) is 0 Å². The zero-order valence-electron chi connectivity index (χ0n) is 23.3. The minimum atomic E-state index is -0.139. The first-order valence-corrected chi connectivity index (χ1v) is 15.1. The minimum absolute atomic E-state index is 0. The second kappa shape index (κ2) is 9.78. The van der Waals surface area contributed by atoms with Crippen molar-refractivity contribution < 1.29 is 36.1 Å². The molecule has 2 saturated heterocycles. The van der Waals surface area contributed by atoms with Crippen molar-refractivity contribution in [1.82, 2.24) is 4.90 Å². The third-order valence-electron chi connectivity index (χ3n) is 12.9. The molecule has 0 aromatic rings. The SMILES string of the molecule is CC(=O)OC1C([N+]2(C)CCCC2)C[C@H]2[C@@H]3CCC4CC(O)C(N5CCCC5)C[C@]4(C)[C@@H]3CC[C@]12C.[Br-]. The summed E-state index contributed by atoms with van der Waals surface area (Å²) in [5.41, 5.74) is 0.463. The summed E-state index contributed by atoms with van der Waals surface area (Å²) in [5.74, 6) is 2.77. The third-order valence-corrected chi connectivity index (χ3v) is 12.9. The monoisotopic (exact) mass is 566 g/mol. The Bertz CT molecular complexity index is 827. The van der Waals surface area contributed by atoms with Crippen LogP contribution in [0.4, 0.5) is 0 Å². The largest absolute Gasteiger partial charge is 1.00 e. The summed E-state index contributed by atoms with van der Waals surface area (Å²) < 4.78 is 7.41. The molecule has 6 aliphatic rings. The molecule has 206 valence electrons. The summed E-state index contributed by atoms with van der Waals surface area (Å²) in [7, 11) is 2.45. The lowest BCUT2D eigenvalue weighted by molar-refractivity contribution is -0.924. The van der Waals surface area contributed by atoms with Gasteiger partial charge in [-0.1, -0.05) is 13.8 Å². The molecule has 0 amide bonds. The second-order valence-electron chi connectivity index (χ2n) is 14.5. The van der Waals surface area contributed by atoms with E-state index in [1.54, 1.807) is 6.92 Å². The molecule has 1 N–H and O–H groups in total. The molecule has 0 aromatic heterocycles. The van der Waals surface area contributed by atoms with Crippen LogP contribution >= 0.6 is 0 Å². The number of carbonyl (C=O) groups excluding carboxylic acids is 1. The third kappa shape index (κ3) is 4.14. The van der Waals surface area contributed by atoms with E-state index in [-0.39, 0.29) is 40.6 Å². The van der Waals surface area contributed by atoms with E-state index < -0.39 is 0 Å². The Balaban J connectivity index is 0.00000267. The van der Waals surface area contributed by atoms with Crippen LogP contribution in [0.15, 0.2) is 0 Å². The molecule has 4 aliphatic carbocycles. The van der Waals surface area contributed by atoms with Crippen molar-refractivity contribution >= 4 is 5.97 Å². The van der Waals surface area contributed by atoms with Crippen LogP contribution in [-0.2, 0) is 9.53 Å². The zero-order valence-corrected chi connectivity index (χ0v) is 24.8. The van der Waals surface area contributed by atoms with Crippen LogP contribution in [0.25, 0.3) is 0 Å². The molecule has 0 spiro atoms. The van der Waals surface area contributed by atoms with Gasteiger partial charge in [0.25, 0.3) is 0 Å². The molecule has 0 bridgehead atoms. The van der Waals surface area contributed by atoms with E-state index >= 15 is 0 Å². The van der Waals surface area contributed by atoms with Crippen LogP contribution in [0.2, 0.25) is 0 Å². The van der Waals surface area contributed by atoms with Gasteiger partial charge in [-0.15, -0.1) is 0 Å². The highest BCUT2D eigenvalue weighted by Crippen LogP contribution is 2.67. The fourth-order valence-corrected chi connectivity index (χ4v) is 11.1. The van der Waals surface area contributed by atoms with Crippen LogP contribution in [0.1, 0.15) is 91.4 Å². The predicted octanol–water partition coefficient (Wildman–Crippen LogP) is 1.62. The summed E-state index contributed by atoms with van der Waals surface area (Å²) in [4.78, 5) is 15.0. The number of likely N-dealkylation sites (tertiary alicyclic amines) is 2. The van der Waals surface area contributed by atoms with Gasteiger partial charge >= 0.3 is 5.97 Å². The molecule has 6 heteroatoms. The Hall–Kier alpha value is -0.170. The van der Waals surface area contributed by atoms with Crippen LogP contribution in [0, 0.1) is 34.5 Å². The summed E-state index contributed by atoms with van der Waals surface area (Å²) in [6, 6.07) is 0.830. The van der Waals surface area contributed by atoms with Crippen molar-refractivity contribution in [2.24, 2.45) is 34.5 Å². The van der Waals surface area contributed by atoms with Crippen molar-refractivity contribution in [2.75, 3.05) is 33.2 Å². The maximum Gasteiger partial charge on any atom is 0.303 e. The first-order valence-electron chi connectivity index (χ1n) is 15.1.